The van der Waals surface area contributed by atoms with Gasteiger partial charge in [-0.2, -0.15) is 0 Å². The largest absolute Gasteiger partial charge is 0.312 e. The fraction of sp³-hybridized carbons (Fsp3) is 0.400. The normalized spacial score (nSPS) is 11.7. The second-order valence-corrected chi connectivity index (χ2v) is 6.72. The zero-order valence-corrected chi connectivity index (χ0v) is 11.2. The standard InChI is InChI=1S/C10H13Cl2NO2S/c1-16(14,15)3-2-13-7-8-4-9(11)6-10(12)5-8/h4-6,13H,2-3,7H2,1H3. The maximum atomic E-state index is 10.9. The molecule has 16 heavy (non-hydrogen) atoms. The smallest absolute Gasteiger partial charge is 0.148 e. The average Bonchev–Trinajstić information content (AvgIpc) is 2.09. The fourth-order valence-electron chi connectivity index (χ4n) is 1.20. The minimum atomic E-state index is -2.91. The van der Waals surface area contributed by atoms with Gasteiger partial charge < -0.3 is 5.32 Å². The molecule has 0 heterocycles. The van der Waals surface area contributed by atoms with Crippen molar-refractivity contribution in [1.29, 1.82) is 0 Å². The number of benzene rings is 1. The van der Waals surface area contributed by atoms with E-state index in [0.717, 1.165) is 5.56 Å². The van der Waals surface area contributed by atoms with Gasteiger partial charge in [0.25, 0.3) is 0 Å². The van der Waals surface area contributed by atoms with Crippen molar-refractivity contribution >= 4 is 33.0 Å². The molecular formula is C10H13Cl2NO2S. The van der Waals surface area contributed by atoms with E-state index >= 15 is 0 Å². The molecule has 0 saturated heterocycles. The molecule has 1 N–H and O–H groups in total. The Hall–Kier alpha value is -0.290. The molecule has 0 saturated carbocycles. The molecule has 6 heteroatoms. The first kappa shape index (κ1) is 13.8. The molecule has 0 spiro atoms. The lowest BCUT2D eigenvalue weighted by molar-refractivity contribution is 0.596. The molecule has 90 valence electrons. The van der Waals surface area contributed by atoms with Crippen molar-refractivity contribution in [3.8, 4) is 0 Å². The van der Waals surface area contributed by atoms with E-state index in [9.17, 15) is 8.42 Å². The first-order valence-electron chi connectivity index (χ1n) is 4.70. The van der Waals surface area contributed by atoms with E-state index < -0.39 is 9.84 Å². The van der Waals surface area contributed by atoms with Crippen LogP contribution in [0.5, 0.6) is 0 Å². The van der Waals surface area contributed by atoms with Gasteiger partial charge in [0.05, 0.1) is 5.75 Å². The number of hydrogen-bond acceptors (Lipinski definition) is 3. The summed E-state index contributed by atoms with van der Waals surface area (Å²) in [7, 11) is -2.91. The van der Waals surface area contributed by atoms with E-state index in [2.05, 4.69) is 5.32 Å². The van der Waals surface area contributed by atoms with E-state index in [4.69, 9.17) is 23.2 Å². The van der Waals surface area contributed by atoms with E-state index in [-0.39, 0.29) is 5.75 Å². The van der Waals surface area contributed by atoms with Gasteiger partial charge in [-0.3, -0.25) is 0 Å². The highest BCUT2D eigenvalue weighted by Gasteiger charge is 2.02. The third-order valence-corrected chi connectivity index (χ3v) is 3.28. The quantitative estimate of drug-likeness (QED) is 0.841. The molecule has 0 aliphatic rings. The van der Waals surface area contributed by atoms with E-state index in [1.54, 1.807) is 18.2 Å². The van der Waals surface area contributed by atoms with Gasteiger partial charge in [0, 0.05) is 29.4 Å². The van der Waals surface area contributed by atoms with Gasteiger partial charge >= 0.3 is 0 Å². The fourth-order valence-corrected chi connectivity index (χ4v) is 2.29. The molecule has 1 rings (SSSR count). The Morgan fingerprint density at radius 3 is 2.25 bits per heavy atom. The van der Waals surface area contributed by atoms with Crippen molar-refractivity contribution < 1.29 is 8.42 Å². The highest BCUT2D eigenvalue weighted by atomic mass is 35.5. The summed E-state index contributed by atoms with van der Waals surface area (Å²) in [5.41, 5.74) is 0.936. The lowest BCUT2D eigenvalue weighted by Crippen LogP contribution is -2.21. The van der Waals surface area contributed by atoms with E-state index in [1.807, 2.05) is 0 Å². The SMILES string of the molecule is CS(=O)(=O)CCNCc1cc(Cl)cc(Cl)c1. The van der Waals surface area contributed by atoms with Crippen LogP contribution in [0.1, 0.15) is 5.56 Å². The molecule has 1 aromatic rings. The molecule has 1 aromatic carbocycles. The van der Waals surface area contributed by atoms with Gasteiger partial charge in [0.1, 0.15) is 9.84 Å². The summed E-state index contributed by atoms with van der Waals surface area (Å²) in [6, 6.07) is 5.24. The van der Waals surface area contributed by atoms with Crippen LogP contribution in [-0.2, 0) is 16.4 Å². The Morgan fingerprint density at radius 2 is 1.75 bits per heavy atom. The summed E-state index contributed by atoms with van der Waals surface area (Å²) in [6.07, 6.45) is 1.21. The Balaban J connectivity index is 2.43. The monoisotopic (exact) mass is 281 g/mol. The summed E-state index contributed by atoms with van der Waals surface area (Å²) in [5.74, 6) is 0.126. The Kier molecular flexibility index (Phi) is 5.05. The summed E-state index contributed by atoms with van der Waals surface area (Å²) in [6.45, 7) is 0.971. The summed E-state index contributed by atoms with van der Waals surface area (Å²) < 4.78 is 21.7. The van der Waals surface area contributed by atoms with E-state index in [1.165, 1.54) is 6.26 Å². The number of rotatable bonds is 5. The highest BCUT2D eigenvalue weighted by Crippen LogP contribution is 2.18. The van der Waals surface area contributed by atoms with Crippen molar-refractivity contribution in [2.75, 3.05) is 18.6 Å². The topological polar surface area (TPSA) is 46.2 Å². The lowest BCUT2D eigenvalue weighted by Gasteiger charge is -2.05. The van der Waals surface area contributed by atoms with Crippen molar-refractivity contribution in [3.05, 3.63) is 33.8 Å². The van der Waals surface area contributed by atoms with Gasteiger partial charge in [-0.1, -0.05) is 23.2 Å². The van der Waals surface area contributed by atoms with Crippen molar-refractivity contribution in [3.63, 3.8) is 0 Å². The molecule has 0 atom stereocenters. The third kappa shape index (κ3) is 5.70. The Morgan fingerprint density at radius 1 is 1.19 bits per heavy atom. The van der Waals surface area contributed by atoms with Gasteiger partial charge in [-0.25, -0.2) is 8.42 Å². The number of hydrogen-bond donors (Lipinski definition) is 1. The first-order valence-corrected chi connectivity index (χ1v) is 7.52. The Bertz CT molecular complexity index is 440. The second kappa shape index (κ2) is 5.87. The maximum Gasteiger partial charge on any atom is 0.148 e. The molecule has 0 amide bonds. The molecule has 0 aliphatic heterocycles. The molecule has 0 radical (unpaired) electrons. The van der Waals surface area contributed by atoms with Crippen LogP contribution in [0, 0.1) is 0 Å². The van der Waals surface area contributed by atoms with Crippen molar-refractivity contribution in [1.82, 2.24) is 5.32 Å². The minimum absolute atomic E-state index is 0.126. The molecule has 0 bridgehead atoms. The summed E-state index contributed by atoms with van der Waals surface area (Å²) in [5, 5.41) is 4.17. The van der Waals surface area contributed by atoms with Gasteiger partial charge in [0.2, 0.25) is 0 Å². The average molecular weight is 282 g/mol. The lowest BCUT2D eigenvalue weighted by atomic mass is 10.2. The minimum Gasteiger partial charge on any atom is -0.312 e. The zero-order chi connectivity index (χ0) is 12.2. The molecule has 0 aromatic heterocycles. The van der Waals surface area contributed by atoms with Crippen LogP contribution in [-0.4, -0.2) is 27.0 Å². The molecular weight excluding hydrogens is 269 g/mol. The molecule has 0 unspecified atom stereocenters. The van der Waals surface area contributed by atoms with Crippen LogP contribution in [0.25, 0.3) is 0 Å². The van der Waals surface area contributed by atoms with Crippen molar-refractivity contribution in [2.24, 2.45) is 0 Å². The maximum absolute atomic E-state index is 10.9. The highest BCUT2D eigenvalue weighted by molar-refractivity contribution is 7.90. The Labute approximate surface area is 106 Å². The van der Waals surface area contributed by atoms with Crippen LogP contribution in [0.3, 0.4) is 0 Å². The second-order valence-electron chi connectivity index (χ2n) is 3.58. The number of sulfone groups is 1. The van der Waals surface area contributed by atoms with E-state index in [0.29, 0.717) is 23.1 Å². The van der Waals surface area contributed by atoms with Crippen LogP contribution in [0.2, 0.25) is 10.0 Å². The molecule has 0 fully saturated rings. The van der Waals surface area contributed by atoms with Crippen LogP contribution in [0.4, 0.5) is 0 Å². The van der Waals surface area contributed by atoms with Crippen LogP contribution >= 0.6 is 23.2 Å². The van der Waals surface area contributed by atoms with Crippen LogP contribution < -0.4 is 5.32 Å². The summed E-state index contributed by atoms with van der Waals surface area (Å²) >= 11 is 11.7. The zero-order valence-electron chi connectivity index (χ0n) is 8.83. The number of nitrogens with one attached hydrogen (secondary N) is 1. The summed E-state index contributed by atoms with van der Waals surface area (Å²) in [4.78, 5) is 0. The first-order chi connectivity index (χ1) is 7.37. The molecule has 0 aliphatic carbocycles. The predicted octanol–water partition coefficient (Wildman–Crippen LogP) is 2.13. The predicted molar refractivity (Wildman–Crippen MR) is 67.9 cm³/mol. The van der Waals surface area contributed by atoms with Gasteiger partial charge in [-0.15, -0.1) is 0 Å². The van der Waals surface area contributed by atoms with Gasteiger partial charge in [0.15, 0.2) is 0 Å². The van der Waals surface area contributed by atoms with Crippen LogP contribution in [0.15, 0.2) is 18.2 Å². The molecule has 3 nitrogen and oxygen atoms in total. The van der Waals surface area contributed by atoms with Crippen molar-refractivity contribution in [2.45, 2.75) is 6.54 Å². The number of halogens is 2. The third-order valence-electron chi connectivity index (χ3n) is 1.90. The van der Waals surface area contributed by atoms with Gasteiger partial charge in [-0.05, 0) is 23.8 Å².